The highest BCUT2D eigenvalue weighted by Crippen LogP contribution is 2.33. The molecular formula is C31H33Cl2N5O3. The first-order valence-corrected chi connectivity index (χ1v) is 14.3. The van der Waals surface area contributed by atoms with Gasteiger partial charge in [-0.15, -0.1) is 0 Å². The molecule has 10 heteroatoms. The normalized spacial score (nSPS) is 14.6. The van der Waals surface area contributed by atoms with Crippen LogP contribution in [0.15, 0.2) is 72.8 Å². The van der Waals surface area contributed by atoms with Gasteiger partial charge in [0.2, 0.25) is 0 Å². The van der Waals surface area contributed by atoms with Gasteiger partial charge in [0, 0.05) is 50.5 Å². The summed E-state index contributed by atoms with van der Waals surface area (Å²) >= 11 is 12.6. The lowest BCUT2D eigenvalue weighted by Crippen LogP contribution is -2.50. The van der Waals surface area contributed by atoms with Crippen molar-refractivity contribution in [3.05, 3.63) is 94.2 Å². The molecule has 5 rings (SSSR count). The maximum atomic E-state index is 13.3. The minimum Gasteiger partial charge on any atom is -0.497 e. The lowest BCUT2D eigenvalue weighted by molar-refractivity contribution is 0.0847. The molecule has 0 aliphatic carbocycles. The van der Waals surface area contributed by atoms with E-state index in [0.717, 1.165) is 48.9 Å². The molecule has 0 saturated carbocycles. The molecule has 1 amide bonds. The summed E-state index contributed by atoms with van der Waals surface area (Å²) in [5, 5.41) is 14.7. The molecule has 3 aromatic carbocycles. The molecule has 1 aliphatic heterocycles. The van der Waals surface area contributed by atoms with Crippen LogP contribution in [0.3, 0.4) is 0 Å². The Labute approximate surface area is 250 Å². The number of aromatic nitrogens is 2. The number of nitrogens with one attached hydrogen (secondary N) is 1. The predicted octanol–water partition coefficient (Wildman–Crippen LogP) is 5.08. The van der Waals surface area contributed by atoms with Crippen LogP contribution in [0, 0.1) is 6.92 Å². The van der Waals surface area contributed by atoms with Crippen molar-refractivity contribution in [2.24, 2.45) is 0 Å². The summed E-state index contributed by atoms with van der Waals surface area (Å²) in [4.78, 5) is 22.4. The SMILES string of the molecule is COc1ccc(-n2c(-c3ccccc3)nc(C(=O)NCC(O)CN3CCN(c4cccc(Cl)c4Cl)CC3)c2C)cc1. The maximum Gasteiger partial charge on any atom is 0.271 e. The molecule has 1 atom stereocenters. The number of ether oxygens (including phenoxy) is 1. The summed E-state index contributed by atoms with van der Waals surface area (Å²) in [5.41, 5.74) is 3.71. The van der Waals surface area contributed by atoms with Crippen LogP contribution in [0.5, 0.6) is 5.75 Å². The van der Waals surface area contributed by atoms with Gasteiger partial charge in [0.05, 0.1) is 34.6 Å². The molecule has 2 heterocycles. The van der Waals surface area contributed by atoms with E-state index in [1.165, 1.54) is 0 Å². The molecule has 0 bridgehead atoms. The summed E-state index contributed by atoms with van der Waals surface area (Å²) < 4.78 is 7.27. The highest BCUT2D eigenvalue weighted by atomic mass is 35.5. The lowest BCUT2D eigenvalue weighted by Gasteiger charge is -2.37. The smallest absolute Gasteiger partial charge is 0.271 e. The third-order valence-electron chi connectivity index (χ3n) is 7.30. The molecule has 1 aromatic heterocycles. The van der Waals surface area contributed by atoms with Gasteiger partial charge in [-0.25, -0.2) is 4.98 Å². The Kier molecular flexibility index (Phi) is 9.15. The number of anilines is 1. The van der Waals surface area contributed by atoms with Gasteiger partial charge < -0.3 is 20.1 Å². The Morgan fingerprint density at radius 3 is 2.39 bits per heavy atom. The zero-order valence-corrected chi connectivity index (χ0v) is 24.6. The van der Waals surface area contributed by atoms with Gasteiger partial charge in [0.15, 0.2) is 0 Å². The number of methoxy groups -OCH3 is 1. The molecular weight excluding hydrogens is 561 g/mol. The molecule has 1 fully saturated rings. The van der Waals surface area contributed by atoms with Gasteiger partial charge in [0.25, 0.3) is 5.91 Å². The lowest BCUT2D eigenvalue weighted by atomic mass is 10.2. The van der Waals surface area contributed by atoms with Crippen LogP contribution in [-0.4, -0.2) is 77.9 Å². The van der Waals surface area contributed by atoms with Crippen molar-refractivity contribution in [3.8, 4) is 22.8 Å². The molecule has 0 spiro atoms. The zero-order chi connectivity index (χ0) is 28.9. The summed E-state index contributed by atoms with van der Waals surface area (Å²) in [6.45, 7) is 5.51. The Hall–Kier alpha value is -3.56. The number of amides is 1. The number of aliphatic hydroxyl groups excluding tert-OH is 1. The molecule has 1 saturated heterocycles. The van der Waals surface area contributed by atoms with E-state index in [0.29, 0.717) is 33.8 Å². The fraction of sp³-hybridized carbons (Fsp3) is 0.290. The molecule has 1 aliphatic rings. The number of carbonyl (C=O) groups excluding carboxylic acids is 1. The van der Waals surface area contributed by atoms with Crippen molar-refractivity contribution in [1.29, 1.82) is 0 Å². The van der Waals surface area contributed by atoms with Gasteiger partial charge in [-0.1, -0.05) is 59.6 Å². The van der Waals surface area contributed by atoms with Gasteiger partial charge in [0.1, 0.15) is 17.3 Å². The van der Waals surface area contributed by atoms with E-state index in [9.17, 15) is 9.90 Å². The van der Waals surface area contributed by atoms with Crippen molar-refractivity contribution in [2.45, 2.75) is 13.0 Å². The summed E-state index contributed by atoms with van der Waals surface area (Å²) in [7, 11) is 1.63. The van der Waals surface area contributed by atoms with Crippen molar-refractivity contribution >= 4 is 34.8 Å². The number of imidazole rings is 1. The third kappa shape index (κ3) is 6.52. The highest BCUT2D eigenvalue weighted by Gasteiger charge is 2.24. The first-order valence-electron chi connectivity index (χ1n) is 13.5. The highest BCUT2D eigenvalue weighted by molar-refractivity contribution is 6.43. The quantitative estimate of drug-likeness (QED) is 0.282. The number of β-amino-alcohol motifs (C(OH)–C–C–N with tert-alkyl or cyclic N) is 1. The standard InChI is InChI=1S/C31H33Cl2N5O3/c1-21-29(35-30(22-7-4-3-5-8-22)38(21)23-11-13-25(41-2)14-12-23)31(40)34-19-24(39)20-36-15-17-37(18-16-36)27-10-6-9-26(32)28(27)33/h3-14,24,39H,15-20H2,1-2H3,(H,34,40). The van der Waals surface area contributed by atoms with Crippen LogP contribution < -0.4 is 15.0 Å². The van der Waals surface area contributed by atoms with Crippen molar-refractivity contribution in [1.82, 2.24) is 19.8 Å². The summed E-state index contributed by atoms with van der Waals surface area (Å²) in [6, 6.07) is 23.0. The first-order chi connectivity index (χ1) is 19.9. The second-order valence-corrected chi connectivity index (χ2v) is 10.8. The monoisotopic (exact) mass is 593 g/mol. The van der Waals surface area contributed by atoms with E-state index >= 15 is 0 Å². The maximum absolute atomic E-state index is 13.3. The van der Waals surface area contributed by atoms with E-state index in [1.54, 1.807) is 13.2 Å². The number of halogens is 2. The molecule has 1 unspecified atom stereocenters. The Morgan fingerprint density at radius 1 is 1.00 bits per heavy atom. The third-order valence-corrected chi connectivity index (χ3v) is 8.11. The van der Waals surface area contributed by atoms with E-state index in [4.69, 9.17) is 32.9 Å². The number of hydrogen-bond donors (Lipinski definition) is 2. The van der Waals surface area contributed by atoms with Gasteiger partial charge in [-0.3, -0.25) is 14.3 Å². The number of piperazine rings is 1. The number of benzene rings is 3. The van der Waals surface area contributed by atoms with E-state index < -0.39 is 6.10 Å². The number of rotatable bonds is 9. The van der Waals surface area contributed by atoms with Crippen LogP contribution in [0.1, 0.15) is 16.2 Å². The number of nitrogens with zero attached hydrogens (tertiary/aromatic N) is 4. The van der Waals surface area contributed by atoms with E-state index in [1.807, 2.05) is 78.2 Å². The second-order valence-electron chi connectivity index (χ2n) is 9.99. The molecule has 214 valence electrons. The summed E-state index contributed by atoms with van der Waals surface area (Å²) in [6.07, 6.45) is -0.724. The van der Waals surface area contributed by atoms with Gasteiger partial charge >= 0.3 is 0 Å². The molecule has 2 N–H and O–H groups in total. The fourth-order valence-electron chi connectivity index (χ4n) is 5.11. The van der Waals surface area contributed by atoms with Crippen molar-refractivity contribution < 1.29 is 14.6 Å². The number of hydrogen-bond acceptors (Lipinski definition) is 6. The molecule has 41 heavy (non-hydrogen) atoms. The second kappa shape index (κ2) is 13.0. The average Bonchev–Trinajstić information content (AvgIpc) is 3.35. The van der Waals surface area contributed by atoms with Crippen LogP contribution in [0.2, 0.25) is 10.0 Å². The van der Waals surface area contributed by atoms with Gasteiger partial charge in [-0.2, -0.15) is 0 Å². The minimum atomic E-state index is -0.724. The molecule has 8 nitrogen and oxygen atoms in total. The minimum absolute atomic E-state index is 0.120. The Morgan fingerprint density at radius 2 is 1.71 bits per heavy atom. The van der Waals surface area contributed by atoms with E-state index in [-0.39, 0.29) is 12.5 Å². The van der Waals surface area contributed by atoms with Crippen LogP contribution in [-0.2, 0) is 0 Å². The largest absolute Gasteiger partial charge is 0.497 e. The van der Waals surface area contributed by atoms with Crippen LogP contribution in [0.25, 0.3) is 17.1 Å². The topological polar surface area (TPSA) is 82.9 Å². The van der Waals surface area contributed by atoms with E-state index in [2.05, 4.69) is 15.1 Å². The fourth-order valence-corrected chi connectivity index (χ4v) is 5.52. The number of aliphatic hydroxyl groups is 1. The summed E-state index contributed by atoms with van der Waals surface area (Å²) in [5.74, 6) is 1.08. The Balaban J connectivity index is 1.23. The van der Waals surface area contributed by atoms with Crippen molar-refractivity contribution in [2.75, 3.05) is 51.3 Å². The first kappa shape index (κ1) is 29.0. The Bertz CT molecular complexity index is 1490. The van der Waals surface area contributed by atoms with Crippen LogP contribution >= 0.6 is 23.2 Å². The van der Waals surface area contributed by atoms with Crippen LogP contribution in [0.4, 0.5) is 5.69 Å². The molecule has 0 radical (unpaired) electrons. The zero-order valence-electron chi connectivity index (χ0n) is 23.1. The predicted molar refractivity (Wildman–Crippen MR) is 164 cm³/mol. The van der Waals surface area contributed by atoms with Crippen molar-refractivity contribution in [3.63, 3.8) is 0 Å². The average molecular weight is 595 g/mol. The van der Waals surface area contributed by atoms with Gasteiger partial charge in [-0.05, 0) is 43.3 Å². The molecule has 4 aromatic rings. The number of carbonyl (C=O) groups is 1.